The molecule has 3 heterocycles. The molecule has 1 fully saturated rings. The molecule has 0 spiro atoms. The molecule has 2 aromatic carbocycles. The lowest BCUT2D eigenvalue weighted by molar-refractivity contribution is -0.132. The zero-order valence-electron chi connectivity index (χ0n) is 19.8. The van der Waals surface area contributed by atoms with Crippen molar-refractivity contribution in [3.8, 4) is 5.75 Å². The quantitative estimate of drug-likeness (QED) is 0.216. The second kappa shape index (κ2) is 8.70. The van der Waals surface area contributed by atoms with Gasteiger partial charge in [0.25, 0.3) is 5.78 Å². The Balaban J connectivity index is 1.71. The van der Waals surface area contributed by atoms with Crippen LogP contribution in [0.5, 0.6) is 5.75 Å². The fraction of sp³-hybridized carbons (Fsp3) is 0.222. The minimum absolute atomic E-state index is 0.0210. The van der Waals surface area contributed by atoms with Gasteiger partial charge in [-0.3, -0.25) is 14.5 Å². The molecule has 0 bridgehead atoms. The lowest BCUT2D eigenvalue weighted by Gasteiger charge is -2.21. The Morgan fingerprint density at radius 3 is 2.63 bits per heavy atom. The van der Waals surface area contributed by atoms with Crippen molar-refractivity contribution in [1.82, 2.24) is 4.98 Å². The second-order valence-electron chi connectivity index (χ2n) is 8.49. The number of aryl methyl sites for hydroxylation is 3. The first-order valence-corrected chi connectivity index (χ1v) is 12.1. The van der Waals surface area contributed by atoms with Gasteiger partial charge in [0.15, 0.2) is 5.13 Å². The summed E-state index contributed by atoms with van der Waals surface area (Å²) in [6, 6.07) is 13.6. The van der Waals surface area contributed by atoms with E-state index in [9.17, 15) is 14.7 Å². The van der Waals surface area contributed by atoms with E-state index in [1.54, 1.807) is 25.1 Å². The van der Waals surface area contributed by atoms with E-state index in [4.69, 9.17) is 9.15 Å². The summed E-state index contributed by atoms with van der Waals surface area (Å²) in [4.78, 5) is 32.7. The van der Waals surface area contributed by atoms with Crippen molar-refractivity contribution in [2.75, 3.05) is 11.5 Å². The lowest BCUT2D eigenvalue weighted by Crippen LogP contribution is -2.29. The number of carbonyl (C=O) groups is 2. The summed E-state index contributed by atoms with van der Waals surface area (Å²) >= 11 is 1.28. The number of aliphatic hydroxyl groups excluding tert-OH is 1. The number of amides is 1. The Kier molecular flexibility index (Phi) is 5.68. The number of anilines is 1. The summed E-state index contributed by atoms with van der Waals surface area (Å²) in [6.07, 6.45) is 0. The molecule has 8 heteroatoms. The number of ketones is 1. The molecule has 1 N–H and O–H groups in total. The van der Waals surface area contributed by atoms with E-state index in [2.05, 4.69) is 4.98 Å². The van der Waals surface area contributed by atoms with Crippen LogP contribution in [0.1, 0.15) is 41.2 Å². The van der Waals surface area contributed by atoms with Crippen LogP contribution in [-0.4, -0.2) is 28.4 Å². The van der Waals surface area contributed by atoms with E-state index in [0.717, 1.165) is 15.8 Å². The van der Waals surface area contributed by atoms with Gasteiger partial charge in [-0.2, -0.15) is 0 Å². The van der Waals surface area contributed by atoms with Crippen molar-refractivity contribution in [2.45, 2.75) is 33.7 Å². The normalized spacial score (nSPS) is 17.5. The average molecular weight is 489 g/mol. The number of carbonyl (C=O) groups excluding carboxylic acids is 2. The van der Waals surface area contributed by atoms with Crippen LogP contribution >= 0.6 is 11.3 Å². The van der Waals surface area contributed by atoms with Crippen molar-refractivity contribution in [3.05, 3.63) is 82.3 Å². The number of nitrogens with zero attached hydrogens (tertiary/aromatic N) is 2. The third-order valence-corrected chi connectivity index (χ3v) is 7.01. The number of ether oxygens (including phenoxy) is 1. The van der Waals surface area contributed by atoms with Crippen LogP contribution in [0.2, 0.25) is 0 Å². The van der Waals surface area contributed by atoms with E-state index >= 15 is 0 Å². The molecule has 0 aliphatic carbocycles. The molecule has 1 saturated heterocycles. The number of Topliss-reactive ketones (excluding diaryl/α,β-unsaturated/α-hetero) is 1. The van der Waals surface area contributed by atoms with E-state index in [0.29, 0.717) is 40.1 Å². The molecular formula is C27H24N2O5S. The zero-order valence-corrected chi connectivity index (χ0v) is 20.6. The molecule has 2 aromatic heterocycles. The van der Waals surface area contributed by atoms with Crippen molar-refractivity contribution in [2.24, 2.45) is 0 Å². The number of aliphatic hydroxyl groups is 1. The molecule has 178 valence electrons. The van der Waals surface area contributed by atoms with Gasteiger partial charge in [-0.1, -0.05) is 29.0 Å². The smallest absolute Gasteiger partial charge is 0.302 e. The van der Waals surface area contributed by atoms with Gasteiger partial charge >= 0.3 is 5.91 Å². The molecule has 35 heavy (non-hydrogen) atoms. The molecule has 7 nitrogen and oxygen atoms in total. The predicted molar refractivity (Wildman–Crippen MR) is 135 cm³/mol. The predicted octanol–water partition coefficient (Wildman–Crippen LogP) is 5.84. The van der Waals surface area contributed by atoms with Crippen LogP contribution in [0.3, 0.4) is 0 Å². The molecule has 0 radical (unpaired) electrons. The minimum Gasteiger partial charge on any atom is -0.507 e. The van der Waals surface area contributed by atoms with Gasteiger partial charge in [-0.25, -0.2) is 4.98 Å². The maximum atomic E-state index is 13.4. The first-order valence-electron chi connectivity index (χ1n) is 11.3. The topological polar surface area (TPSA) is 92.9 Å². The third-order valence-electron chi connectivity index (χ3n) is 5.99. The zero-order chi connectivity index (χ0) is 24.9. The lowest BCUT2D eigenvalue weighted by atomic mass is 9.96. The highest BCUT2D eigenvalue weighted by atomic mass is 32.1. The van der Waals surface area contributed by atoms with Crippen molar-refractivity contribution < 1.29 is 23.8 Å². The molecule has 1 aliphatic heterocycles. The van der Waals surface area contributed by atoms with Crippen LogP contribution in [-0.2, 0) is 9.59 Å². The number of hydrogen-bond acceptors (Lipinski definition) is 7. The summed E-state index contributed by atoms with van der Waals surface area (Å²) in [7, 11) is 0. The number of benzene rings is 2. The molecular weight excluding hydrogens is 464 g/mol. The van der Waals surface area contributed by atoms with Gasteiger partial charge in [-0.05, 0) is 69.7 Å². The fourth-order valence-corrected chi connectivity index (χ4v) is 5.31. The number of hydrogen-bond donors (Lipinski definition) is 1. The Morgan fingerprint density at radius 2 is 1.91 bits per heavy atom. The molecule has 1 aliphatic rings. The highest BCUT2D eigenvalue weighted by Crippen LogP contribution is 2.45. The SMILES string of the molecule is CCOc1ccc2nc(N3C(=O)C(=O)/C(=C(/O)c4cc(C)ccc4C)C3c3ccc(C)o3)sc2c1. The number of fused-ring (bicyclic) bond motifs is 1. The Labute approximate surface area is 206 Å². The Bertz CT molecular complexity index is 1510. The minimum atomic E-state index is -0.949. The van der Waals surface area contributed by atoms with Crippen LogP contribution in [0.15, 0.2) is 58.5 Å². The first kappa shape index (κ1) is 22.9. The van der Waals surface area contributed by atoms with Crippen molar-refractivity contribution >= 4 is 44.1 Å². The summed E-state index contributed by atoms with van der Waals surface area (Å²) in [5.41, 5.74) is 2.87. The third kappa shape index (κ3) is 3.89. The van der Waals surface area contributed by atoms with Crippen LogP contribution in [0.4, 0.5) is 5.13 Å². The van der Waals surface area contributed by atoms with E-state index < -0.39 is 17.7 Å². The van der Waals surface area contributed by atoms with Crippen LogP contribution in [0.25, 0.3) is 16.0 Å². The maximum absolute atomic E-state index is 13.4. The number of aromatic nitrogens is 1. The van der Waals surface area contributed by atoms with Gasteiger partial charge in [-0.15, -0.1) is 0 Å². The highest BCUT2D eigenvalue weighted by molar-refractivity contribution is 7.22. The fourth-order valence-electron chi connectivity index (χ4n) is 4.29. The summed E-state index contributed by atoms with van der Waals surface area (Å²) in [5, 5.41) is 11.7. The van der Waals surface area contributed by atoms with E-state index in [-0.39, 0.29) is 11.3 Å². The second-order valence-corrected chi connectivity index (χ2v) is 9.50. The van der Waals surface area contributed by atoms with Gasteiger partial charge in [0, 0.05) is 5.56 Å². The highest BCUT2D eigenvalue weighted by Gasteiger charge is 2.49. The molecule has 1 amide bonds. The van der Waals surface area contributed by atoms with E-state index in [1.165, 1.54) is 16.2 Å². The van der Waals surface area contributed by atoms with Gasteiger partial charge in [0.1, 0.15) is 29.1 Å². The molecule has 4 aromatic rings. The average Bonchev–Trinajstić information content (AvgIpc) is 3.51. The monoisotopic (exact) mass is 488 g/mol. The van der Waals surface area contributed by atoms with Gasteiger partial charge in [0.05, 0.1) is 22.4 Å². The standard InChI is InChI=1S/C27H24N2O5S/c1-5-33-17-9-10-19-21(13-17)35-27(28-19)29-23(20-11-8-16(4)34-20)22(25(31)26(29)32)24(30)18-12-14(2)6-7-15(18)3/h6-13,23,30H,5H2,1-4H3/b24-22+. The molecule has 1 unspecified atom stereocenters. The molecule has 0 saturated carbocycles. The Hall–Kier alpha value is -3.91. The number of furan rings is 1. The van der Waals surface area contributed by atoms with Crippen molar-refractivity contribution in [1.29, 1.82) is 0 Å². The first-order chi connectivity index (χ1) is 16.8. The molecule has 1 atom stereocenters. The largest absolute Gasteiger partial charge is 0.507 e. The van der Waals surface area contributed by atoms with Crippen LogP contribution < -0.4 is 9.64 Å². The Morgan fingerprint density at radius 1 is 1.11 bits per heavy atom. The summed E-state index contributed by atoms with van der Waals surface area (Å²) in [5.74, 6) is -0.0706. The summed E-state index contributed by atoms with van der Waals surface area (Å²) in [6.45, 7) is 7.97. The van der Waals surface area contributed by atoms with Crippen molar-refractivity contribution in [3.63, 3.8) is 0 Å². The van der Waals surface area contributed by atoms with Crippen LogP contribution in [0, 0.1) is 20.8 Å². The maximum Gasteiger partial charge on any atom is 0.302 e. The summed E-state index contributed by atoms with van der Waals surface area (Å²) < 4.78 is 12.3. The molecule has 5 rings (SSSR count). The number of rotatable bonds is 5. The van der Waals surface area contributed by atoms with Gasteiger partial charge in [0.2, 0.25) is 0 Å². The van der Waals surface area contributed by atoms with Gasteiger partial charge < -0.3 is 14.3 Å². The number of thiazole rings is 1. The van der Waals surface area contributed by atoms with E-state index in [1.807, 2.05) is 51.1 Å².